The molecule has 4 rings (SSSR count). The highest BCUT2D eigenvalue weighted by atomic mass is 32.1. The van der Waals surface area contributed by atoms with Crippen LogP contribution in [0.15, 0.2) is 48.5 Å². The topological polar surface area (TPSA) is 78.3 Å². The van der Waals surface area contributed by atoms with E-state index in [1.165, 1.54) is 11.3 Å². The van der Waals surface area contributed by atoms with Crippen molar-refractivity contribution in [1.29, 1.82) is 0 Å². The Morgan fingerprint density at radius 2 is 1.93 bits per heavy atom. The Kier molecular flexibility index (Phi) is 5.67. The van der Waals surface area contributed by atoms with E-state index >= 15 is 0 Å². The van der Waals surface area contributed by atoms with Crippen molar-refractivity contribution < 1.29 is 14.3 Å². The molecular formula is C22H22N4O3S. The molecule has 0 spiro atoms. The minimum atomic E-state index is -0.271. The highest BCUT2D eigenvalue weighted by Gasteiger charge is 2.16. The molecule has 2 aromatic carbocycles. The van der Waals surface area contributed by atoms with Gasteiger partial charge in [-0.05, 0) is 45.0 Å². The fourth-order valence-electron chi connectivity index (χ4n) is 2.97. The lowest BCUT2D eigenvalue weighted by Crippen LogP contribution is -2.21. The second kappa shape index (κ2) is 8.54. The molecule has 4 aromatic rings. The standard InChI is InChI=1S/C22H22N4O3S/c1-4-28-17-6-5-7-18-21(17)24-22(30-18)26-19(12-15(3)25-26)23-20(27)13-29-16-10-8-14(2)9-11-16/h5-12H,4,13H2,1-3H3,(H,23,27). The zero-order valence-electron chi connectivity index (χ0n) is 17.0. The third-order valence-electron chi connectivity index (χ3n) is 4.34. The summed E-state index contributed by atoms with van der Waals surface area (Å²) >= 11 is 1.48. The number of anilines is 1. The number of thiazole rings is 1. The summed E-state index contributed by atoms with van der Waals surface area (Å²) in [4.78, 5) is 17.1. The normalized spacial score (nSPS) is 10.9. The van der Waals surface area contributed by atoms with Crippen molar-refractivity contribution in [3.8, 4) is 16.6 Å². The Bertz CT molecular complexity index is 1180. The van der Waals surface area contributed by atoms with Crippen molar-refractivity contribution in [3.05, 3.63) is 59.8 Å². The molecule has 0 saturated carbocycles. The van der Waals surface area contributed by atoms with Gasteiger partial charge in [0.15, 0.2) is 6.61 Å². The zero-order valence-corrected chi connectivity index (χ0v) is 17.8. The summed E-state index contributed by atoms with van der Waals surface area (Å²) in [6, 6.07) is 15.2. The van der Waals surface area contributed by atoms with Gasteiger partial charge in [0.25, 0.3) is 5.91 Å². The highest BCUT2D eigenvalue weighted by Crippen LogP contribution is 2.32. The van der Waals surface area contributed by atoms with E-state index in [9.17, 15) is 4.79 Å². The number of hydrogen-bond acceptors (Lipinski definition) is 6. The number of hydrogen-bond donors (Lipinski definition) is 1. The van der Waals surface area contributed by atoms with Crippen LogP contribution in [0.4, 0.5) is 5.82 Å². The number of carbonyl (C=O) groups excluding carboxylic acids is 1. The maximum absolute atomic E-state index is 12.4. The molecule has 0 saturated heterocycles. The maximum atomic E-state index is 12.4. The largest absolute Gasteiger partial charge is 0.492 e. The molecule has 0 radical (unpaired) electrons. The monoisotopic (exact) mass is 422 g/mol. The van der Waals surface area contributed by atoms with Gasteiger partial charge in [0.1, 0.15) is 22.8 Å². The zero-order chi connectivity index (χ0) is 21.1. The number of nitrogens with one attached hydrogen (secondary N) is 1. The summed E-state index contributed by atoms with van der Waals surface area (Å²) in [7, 11) is 0. The lowest BCUT2D eigenvalue weighted by molar-refractivity contribution is -0.118. The number of amides is 1. The van der Waals surface area contributed by atoms with E-state index in [2.05, 4.69) is 10.4 Å². The van der Waals surface area contributed by atoms with Gasteiger partial charge in [-0.3, -0.25) is 4.79 Å². The summed E-state index contributed by atoms with van der Waals surface area (Å²) in [5, 5.41) is 8.02. The van der Waals surface area contributed by atoms with Gasteiger partial charge in [0, 0.05) is 6.07 Å². The van der Waals surface area contributed by atoms with Crippen LogP contribution in [0.3, 0.4) is 0 Å². The number of para-hydroxylation sites is 1. The summed E-state index contributed by atoms with van der Waals surface area (Å²) in [5.74, 6) is 1.66. The molecule has 1 N–H and O–H groups in total. The average Bonchev–Trinajstić information content (AvgIpc) is 3.31. The van der Waals surface area contributed by atoms with E-state index in [4.69, 9.17) is 14.5 Å². The molecule has 7 nitrogen and oxygen atoms in total. The molecule has 0 fully saturated rings. The summed E-state index contributed by atoms with van der Waals surface area (Å²) < 4.78 is 13.9. The molecule has 8 heteroatoms. The van der Waals surface area contributed by atoms with Gasteiger partial charge < -0.3 is 14.8 Å². The summed E-state index contributed by atoms with van der Waals surface area (Å²) in [5.41, 5.74) is 2.69. The molecule has 154 valence electrons. The van der Waals surface area contributed by atoms with E-state index in [1.807, 2.05) is 63.2 Å². The predicted octanol–water partition coefficient (Wildman–Crippen LogP) is 4.52. The first-order valence-electron chi connectivity index (χ1n) is 9.62. The molecule has 0 aliphatic carbocycles. The third-order valence-corrected chi connectivity index (χ3v) is 5.34. The van der Waals surface area contributed by atoms with Gasteiger partial charge in [0.05, 0.1) is 17.0 Å². The van der Waals surface area contributed by atoms with Crippen LogP contribution in [0.2, 0.25) is 0 Å². The number of fused-ring (bicyclic) bond motifs is 1. The quantitative estimate of drug-likeness (QED) is 0.474. The van der Waals surface area contributed by atoms with Crippen molar-refractivity contribution in [1.82, 2.24) is 14.8 Å². The number of benzene rings is 2. The average molecular weight is 423 g/mol. The predicted molar refractivity (Wildman–Crippen MR) is 118 cm³/mol. The van der Waals surface area contributed by atoms with E-state index in [0.29, 0.717) is 23.3 Å². The van der Waals surface area contributed by atoms with E-state index in [1.54, 1.807) is 10.7 Å². The van der Waals surface area contributed by atoms with Gasteiger partial charge in [-0.1, -0.05) is 35.1 Å². The van der Waals surface area contributed by atoms with E-state index in [-0.39, 0.29) is 12.5 Å². The van der Waals surface area contributed by atoms with Crippen molar-refractivity contribution in [2.75, 3.05) is 18.5 Å². The van der Waals surface area contributed by atoms with Crippen LogP contribution in [0.1, 0.15) is 18.2 Å². The van der Waals surface area contributed by atoms with Crippen molar-refractivity contribution in [2.45, 2.75) is 20.8 Å². The number of aryl methyl sites for hydroxylation is 2. The minimum absolute atomic E-state index is 0.0956. The number of nitrogens with zero attached hydrogens (tertiary/aromatic N) is 3. The number of aromatic nitrogens is 3. The van der Waals surface area contributed by atoms with Gasteiger partial charge in [-0.2, -0.15) is 9.78 Å². The molecule has 2 heterocycles. The Labute approximate surface area is 178 Å². The Hall–Kier alpha value is -3.39. The second-order valence-corrected chi connectivity index (χ2v) is 7.77. The first-order valence-corrected chi connectivity index (χ1v) is 10.4. The lowest BCUT2D eigenvalue weighted by Gasteiger charge is -2.08. The number of ether oxygens (including phenoxy) is 2. The highest BCUT2D eigenvalue weighted by molar-refractivity contribution is 7.20. The first-order chi connectivity index (χ1) is 14.5. The molecule has 0 aliphatic rings. The van der Waals surface area contributed by atoms with E-state index < -0.39 is 0 Å². The SMILES string of the molecule is CCOc1cccc2sc(-n3nc(C)cc3NC(=O)COc3ccc(C)cc3)nc12. The molecule has 0 unspecified atom stereocenters. The van der Waals surface area contributed by atoms with E-state index in [0.717, 1.165) is 27.2 Å². The maximum Gasteiger partial charge on any atom is 0.263 e. The van der Waals surface area contributed by atoms with Crippen LogP contribution in [-0.4, -0.2) is 33.9 Å². The molecular weight excluding hydrogens is 400 g/mol. The Morgan fingerprint density at radius 3 is 2.70 bits per heavy atom. The van der Waals surface area contributed by atoms with Gasteiger partial charge in [-0.25, -0.2) is 4.98 Å². The molecule has 2 aromatic heterocycles. The van der Waals surface area contributed by atoms with Crippen molar-refractivity contribution in [2.24, 2.45) is 0 Å². The van der Waals surface area contributed by atoms with Crippen LogP contribution in [-0.2, 0) is 4.79 Å². The molecule has 30 heavy (non-hydrogen) atoms. The van der Waals surface area contributed by atoms with Crippen LogP contribution in [0.25, 0.3) is 15.3 Å². The van der Waals surface area contributed by atoms with Crippen molar-refractivity contribution >= 4 is 33.3 Å². The summed E-state index contributed by atoms with van der Waals surface area (Å²) in [6.45, 7) is 6.28. The van der Waals surface area contributed by atoms with Gasteiger partial charge >= 0.3 is 0 Å². The van der Waals surface area contributed by atoms with Crippen molar-refractivity contribution in [3.63, 3.8) is 0 Å². The number of carbonyl (C=O) groups is 1. The molecule has 0 atom stereocenters. The fourth-order valence-corrected chi connectivity index (χ4v) is 3.92. The fraction of sp³-hybridized carbons (Fsp3) is 0.227. The van der Waals surface area contributed by atoms with Crippen LogP contribution >= 0.6 is 11.3 Å². The first kappa shape index (κ1) is 19.9. The van der Waals surface area contributed by atoms with Gasteiger partial charge in [0.2, 0.25) is 5.13 Å². The minimum Gasteiger partial charge on any atom is -0.492 e. The molecule has 0 aliphatic heterocycles. The second-order valence-electron chi connectivity index (χ2n) is 6.77. The van der Waals surface area contributed by atoms with Gasteiger partial charge in [-0.15, -0.1) is 0 Å². The Morgan fingerprint density at radius 1 is 1.13 bits per heavy atom. The lowest BCUT2D eigenvalue weighted by atomic mass is 10.2. The number of rotatable bonds is 7. The van der Waals surface area contributed by atoms with Crippen LogP contribution in [0, 0.1) is 13.8 Å². The van der Waals surface area contributed by atoms with Crippen LogP contribution in [0.5, 0.6) is 11.5 Å². The third kappa shape index (κ3) is 4.28. The smallest absolute Gasteiger partial charge is 0.263 e. The Balaban J connectivity index is 1.54. The molecule has 1 amide bonds. The summed E-state index contributed by atoms with van der Waals surface area (Å²) in [6.07, 6.45) is 0. The van der Waals surface area contributed by atoms with Crippen LogP contribution < -0.4 is 14.8 Å². The molecule has 0 bridgehead atoms.